The van der Waals surface area contributed by atoms with Crippen molar-refractivity contribution in [3.63, 3.8) is 0 Å². The third kappa shape index (κ3) is 4.85. The molecule has 9 heteroatoms. The number of hydrogen-bond donors (Lipinski definition) is 1. The van der Waals surface area contributed by atoms with Crippen molar-refractivity contribution in [2.24, 2.45) is 0 Å². The molecule has 3 rings (SSSR count). The van der Waals surface area contributed by atoms with Crippen LogP contribution < -0.4 is 9.62 Å². The van der Waals surface area contributed by atoms with Gasteiger partial charge in [-0.3, -0.25) is 0 Å². The van der Waals surface area contributed by atoms with Gasteiger partial charge in [-0.2, -0.15) is 4.31 Å². The summed E-state index contributed by atoms with van der Waals surface area (Å²) in [6, 6.07) is 13.2. The lowest BCUT2D eigenvalue weighted by atomic mass is 10.1. The van der Waals surface area contributed by atoms with Gasteiger partial charge >= 0.3 is 0 Å². The van der Waals surface area contributed by atoms with Crippen LogP contribution in [-0.4, -0.2) is 47.3 Å². The van der Waals surface area contributed by atoms with Gasteiger partial charge in [0.2, 0.25) is 20.0 Å². The van der Waals surface area contributed by atoms with E-state index in [4.69, 9.17) is 0 Å². The molecule has 0 aliphatic carbocycles. The summed E-state index contributed by atoms with van der Waals surface area (Å²) >= 11 is 0. The first-order chi connectivity index (χ1) is 14.3. The van der Waals surface area contributed by atoms with Crippen LogP contribution in [0.25, 0.3) is 0 Å². The fourth-order valence-electron chi connectivity index (χ4n) is 3.69. The van der Waals surface area contributed by atoms with Gasteiger partial charge in [-0.05, 0) is 48.7 Å². The number of nitrogens with one attached hydrogen (secondary N) is 1. The molecule has 30 heavy (non-hydrogen) atoms. The number of para-hydroxylation sites is 1. The molecule has 0 amide bonds. The molecule has 1 saturated heterocycles. The molecule has 1 N–H and O–H groups in total. The zero-order chi connectivity index (χ0) is 21.8. The van der Waals surface area contributed by atoms with Crippen LogP contribution in [0.3, 0.4) is 0 Å². The summed E-state index contributed by atoms with van der Waals surface area (Å²) in [4.78, 5) is 2.40. The first-order valence-electron chi connectivity index (χ1n) is 10.2. The third-order valence-electron chi connectivity index (χ3n) is 5.37. The van der Waals surface area contributed by atoms with Crippen molar-refractivity contribution in [2.75, 3.05) is 31.1 Å². The van der Waals surface area contributed by atoms with E-state index >= 15 is 0 Å². The summed E-state index contributed by atoms with van der Waals surface area (Å²) in [7, 11) is -7.39. The molecule has 1 heterocycles. The number of sulfonamides is 2. The minimum absolute atomic E-state index is 0.0413. The Labute approximate surface area is 179 Å². The average molecular weight is 452 g/mol. The predicted octanol–water partition coefficient (Wildman–Crippen LogP) is 2.80. The molecule has 0 spiro atoms. The summed E-state index contributed by atoms with van der Waals surface area (Å²) in [5.41, 5.74) is 1.97. The second-order valence-electron chi connectivity index (χ2n) is 7.21. The lowest BCUT2D eigenvalue weighted by molar-refractivity contribution is 0.445. The molecule has 0 saturated carbocycles. The Morgan fingerprint density at radius 3 is 2.03 bits per heavy atom. The smallest absolute Gasteiger partial charge is 0.243 e. The Balaban J connectivity index is 1.76. The van der Waals surface area contributed by atoms with Gasteiger partial charge in [0.25, 0.3) is 0 Å². The number of hydrogen-bond acceptors (Lipinski definition) is 5. The van der Waals surface area contributed by atoms with Gasteiger partial charge in [0.15, 0.2) is 0 Å². The normalized spacial score (nSPS) is 15.1. The second kappa shape index (κ2) is 9.47. The highest BCUT2D eigenvalue weighted by Gasteiger charge is 2.23. The van der Waals surface area contributed by atoms with Crippen molar-refractivity contribution in [1.82, 2.24) is 9.03 Å². The van der Waals surface area contributed by atoms with Crippen LogP contribution in [0.2, 0.25) is 0 Å². The van der Waals surface area contributed by atoms with E-state index in [2.05, 4.69) is 9.62 Å². The maximum Gasteiger partial charge on any atom is 0.243 e. The van der Waals surface area contributed by atoms with Gasteiger partial charge in [-0.1, -0.05) is 32.0 Å². The fraction of sp³-hybridized carbons (Fsp3) is 0.429. The fourth-order valence-corrected chi connectivity index (χ4v) is 6.15. The van der Waals surface area contributed by atoms with Crippen molar-refractivity contribution < 1.29 is 16.8 Å². The lowest BCUT2D eigenvalue weighted by Crippen LogP contribution is -2.30. The maximum absolute atomic E-state index is 12.8. The maximum atomic E-state index is 12.8. The zero-order valence-electron chi connectivity index (χ0n) is 17.4. The molecule has 0 radical (unpaired) electrons. The first-order valence-corrected chi connectivity index (χ1v) is 13.1. The molecule has 2 aromatic carbocycles. The molecule has 1 aliphatic rings. The van der Waals surface area contributed by atoms with Gasteiger partial charge in [-0.25, -0.2) is 21.6 Å². The molecule has 0 atom stereocenters. The van der Waals surface area contributed by atoms with E-state index in [0.29, 0.717) is 13.1 Å². The van der Waals surface area contributed by atoms with Crippen LogP contribution in [0.4, 0.5) is 5.69 Å². The zero-order valence-corrected chi connectivity index (χ0v) is 19.0. The number of anilines is 1. The molecular formula is C21H29N3O4S2. The van der Waals surface area contributed by atoms with Gasteiger partial charge in [0.1, 0.15) is 0 Å². The molecule has 0 bridgehead atoms. The summed E-state index contributed by atoms with van der Waals surface area (Å²) in [5, 5.41) is 0. The van der Waals surface area contributed by atoms with E-state index in [1.54, 1.807) is 13.8 Å². The number of benzene rings is 2. The van der Waals surface area contributed by atoms with Crippen molar-refractivity contribution in [3.05, 3.63) is 54.1 Å². The van der Waals surface area contributed by atoms with Crippen molar-refractivity contribution in [2.45, 2.75) is 43.0 Å². The summed E-state index contributed by atoms with van der Waals surface area (Å²) in [6.45, 7) is 6.38. The van der Waals surface area contributed by atoms with E-state index < -0.39 is 20.0 Å². The Morgan fingerprint density at radius 1 is 0.867 bits per heavy atom. The summed E-state index contributed by atoms with van der Waals surface area (Å²) in [5.74, 6) is 0. The predicted molar refractivity (Wildman–Crippen MR) is 118 cm³/mol. The number of nitrogens with zero attached hydrogens (tertiary/aromatic N) is 2. The third-order valence-corrected chi connectivity index (χ3v) is 8.85. The van der Waals surface area contributed by atoms with Gasteiger partial charge in [0, 0.05) is 38.4 Å². The average Bonchev–Trinajstić information content (AvgIpc) is 3.28. The van der Waals surface area contributed by atoms with Gasteiger partial charge in [0.05, 0.1) is 9.79 Å². The largest absolute Gasteiger partial charge is 0.371 e. The topological polar surface area (TPSA) is 86.8 Å². The second-order valence-corrected chi connectivity index (χ2v) is 10.9. The monoisotopic (exact) mass is 451 g/mol. The Kier molecular flexibility index (Phi) is 7.18. The highest BCUT2D eigenvalue weighted by molar-refractivity contribution is 7.89. The van der Waals surface area contributed by atoms with E-state index in [1.807, 2.05) is 24.3 Å². The van der Waals surface area contributed by atoms with Crippen LogP contribution in [0, 0.1) is 0 Å². The minimum atomic E-state index is -3.77. The Hall–Kier alpha value is -1.94. The molecule has 0 aromatic heterocycles. The summed E-state index contributed by atoms with van der Waals surface area (Å²) < 4.78 is 54.7. The van der Waals surface area contributed by atoms with E-state index in [1.165, 1.54) is 28.6 Å². The number of rotatable bonds is 9. The van der Waals surface area contributed by atoms with Crippen LogP contribution in [0.5, 0.6) is 0 Å². The molecule has 1 fully saturated rings. The molecule has 7 nitrogen and oxygen atoms in total. The van der Waals surface area contributed by atoms with E-state index in [0.717, 1.165) is 37.2 Å². The first kappa shape index (κ1) is 22.7. The van der Waals surface area contributed by atoms with Crippen molar-refractivity contribution >= 4 is 25.7 Å². The van der Waals surface area contributed by atoms with Crippen molar-refractivity contribution in [3.8, 4) is 0 Å². The van der Waals surface area contributed by atoms with Gasteiger partial charge in [-0.15, -0.1) is 0 Å². The SMILES string of the molecule is CCN(CC)S(=O)(=O)c1ccc(S(=O)(=O)NCc2ccccc2N2CCCC2)cc1. The standard InChI is InChI=1S/C21H29N3O4S2/c1-3-24(4-2)30(27,28)20-13-11-19(12-14-20)29(25,26)22-17-18-9-5-6-10-21(18)23-15-7-8-16-23/h5-6,9-14,22H,3-4,7-8,15-17H2,1-2H3. The quantitative estimate of drug-likeness (QED) is 0.634. The summed E-state index contributed by atoms with van der Waals surface area (Å²) in [6.07, 6.45) is 2.28. The van der Waals surface area contributed by atoms with Crippen LogP contribution in [-0.2, 0) is 26.6 Å². The highest BCUT2D eigenvalue weighted by atomic mass is 32.2. The minimum Gasteiger partial charge on any atom is -0.371 e. The highest BCUT2D eigenvalue weighted by Crippen LogP contribution is 2.25. The molecular weight excluding hydrogens is 422 g/mol. The van der Waals surface area contributed by atoms with Crippen LogP contribution >= 0.6 is 0 Å². The molecule has 2 aromatic rings. The molecule has 164 valence electrons. The Morgan fingerprint density at radius 2 is 1.43 bits per heavy atom. The Bertz CT molecular complexity index is 1060. The van der Waals surface area contributed by atoms with E-state index in [9.17, 15) is 16.8 Å². The van der Waals surface area contributed by atoms with Gasteiger partial charge < -0.3 is 4.90 Å². The van der Waals surface area contributed by atoms with Crippen LogP contribution in [0.15, 0.2) is 58.3 Å². The molecule has 1 aliphatic heterocycles. The molecule has 0 unspecified atom stereocenters. The van der Waals surface area contributed by atoms with Crippen molar-refractivity contribution in [1.29, 1.82) is 0 Å². The lowest BCUT2D eigenvalue weighted by Gasteiger charge is -2.21. The van der Waals surface area contributed by atoms with Crippen LogP contribution in [0.1, 0.15) is 32.3 Å². The van der Waals surface area contributed by atoms with E-state index in [-0.39, 0.29) is 16.3 Å².